The Balaban J connectivity index is 0.817. The molecule has 9 unspecified atom stereocenters. The minimum absolute atomic E-state index is 0.0118. The summed E-state index contributed by atoms with van der Waals surface area (Å²) in [6.07, 6.45) is 11.0. The molecule has 9 atom stereocenters. The van der Waals surface area contributed by atoms with Gasteiger partial charge in [-0.2, -0.15) is 0 Å². The molecule has 92 heavy (non-hydrogen) atoms. The molecule has 0 aromatic heterocycles. The highest BCUT2D eigenvalue weighted by atomic mass is 15.3. The van der Waals surface area contributed by atoms with Crippen LogP contribution in [0.1, 0.15) is 137 Å². The number of hydrogen-bond donors (Lipinski definition) is 0. The van der Waals surface area contributed by atoms with E-state index in [1.807, 2.05) is 0 Å². The molecule has 0 saturated heterocycles. The molecule has 0 amide bonds. The molecule has 6 aliphatic rings. The molecule has 3 heteroatoms. The Morgan fingerprint density at radius 3 is 0.989 bits per heavy atom. The van der Waals surface area contributed by atoms with Crippen molar-refractivity contribution in [2.45, 2.75) is 153 Å². The summed E-state index contributed by atoms with van der Waals surface area (Å²) in [5.74, 6) is 1.59. The van der Waals surface area contributed by atoms with Crippen LogP contribution in [0.5, 0.6) is 0 Å². The van der Waals surface area contributed by atoms with Crippen molar-refractivity contribution in [1.29, 1.82) is 0 Å². The van der Waals surface area contributed by atoms with Crippen LogP contribution in [0.25, 0.3) is 98.0 Å². The molecule has 3 heterocycles. The van der Waals surface area contributed by atoms with Gasteiger partial charge in [0.1, 0.15) is 0 Å². The maximum absolute atomic E-state index is 2.74. The topological polar surface area (TPSA) is 9.72 Å². The van der Waals surface area contributed by atoms with Gasteiger partial charge in [-0.3, -0.25) is 0 Å². The zero-order valence-electron chi connectivity index (χ0n) is 55.1. The lowest BCUT2D eigenvalue weighted by Gasteiger charge is -2.54. The van der Waals surface area contributed by atoms with Gasteiger partial charge in [0.2, 0.25) is 0 Å². The van der Waals surface area contributed by atoms with Crippen LogP contribution < -0.4 is 14.7 Å². The molecule has 3 fully saturated rings. The first-order valence-corrected chi connectivity index (χ1v) is 35.0. The summed E-state index contributed by atoms with van der Waals surface area (Å²) >= 11 is 0. The van der Waals surface area contributed by atoms with Gasteiger partial charge in [-0.15, -0.1) is 0 Å². The van der Waals surface area contributed by atoms with E-state index in [9.17, 15) is 0 Å². The Hall–Kier alpha value is -8.66. The maximum Gasteiger partial charge on any atom is 0.0543 e. The van der Waals surface area contributed by atoms with Crippen LogP contribution in [0, 0.1) is 17.8 Å². The molecule has 19 rings (SSSR count). The highest BCUT2D eigenvalue weighted by Gasteiger charge is 2.63. The van der Waals surface area contributed by atoms with E-state index in [1.54, 1.807) is 0 Å². The summed E-state index contributed by atoms with van der Waals surface area (Å²) in [7, 11) is 0. The largest absolute Gasteiger partial charge is 0.334 e. The average molecular weight is 1190 g/mol. The van der Waals surface area contributed by atoms with Gasteiger partial charge in [-0.05, 0) is 277 Å². The standard InChI is InChI=1S/C89H83N3/c1-54-23-20-46-84(4)75-49-57(34-43-78(75)90(87(54,84)7)60-26-13-10-14-27-60)63-37-40-68-72-53-74-70-42-39-65(59-36-45-80-77(51-59)86(6)48-22-25-56(3)89(86,9)92(80)62-30-17-12-18-31-62)82-64(38-41-69(83(70)82)73(74)52-71(72)67-33-19-32-66(63)81(67)68)58-35-44-79-76(50-58)85(5)47-21-24-55(2)88(85,8)91(79)61-28-15-11-16-29-61/h10-19,26-45,49-56H,20-25,46-48H2,1-9H3. The van der Waals surface area contributed by atoms with Gasteiger partial charge in [-0.1, -0.05) is 188 Å². The van der Waals surface area contributed by atoms with Gasteiger partial charge in [0.25, 0.3) is 0 Å². The Labute approximate surface area is 543 Å². The van der Waals surface area contributed by atoms with Gasteiger partial charge < -0.3 is 14.7 Å². The molecule has 13 aromatic rings. The lowest BCUT2D eigenvalue weighted by atomic mass is 9.57. The first kappa shape index (κ1) is 55.0. The van der Waals surface area contributed by atoms with Crippen LogP contribution in [-0.2, 0) is 16.2 Å². The van der Waals surface area contributed by atoms with Crippen LogP contribution >= 0.6 is 0 Å². The fraction of sp³-hybridized carbons (Fsp3) is 0.303. The molecule has 0 radical (unpaired) electrons. The number of benzene rings is 11. The number of nitrogens with zero attached hydrogens (tertiary/aromatic N) is 3. The van der Waals surface area contributed by atoms with Crippen LogP contribution in [0.3, 0.4) is 0 Å². The molecule has 0 bridgehead atoms. The average Bonchev–Trinajstić information content (AvgIpc) is 1.54. The SMILES string of the molecule is CC1CCCC2(C)c3cc(-c4ccc5c6cc7c(cc6c6cccc4c65)c4ccc(-c5ccc6c(c5)C5(C)CCCC(C)C5(C)N6c5ccccc5)c5c(-c6ccc8c(c6)C6(C)CCCC(C)C6(C)N8c6ccccc6)ccc7c54)ccc3N(c3ccccc3)C12C. The van der Waals surface area contributed by atoms with E-state index in [2.05, 4.69) is 289 Å². The fourth-order valence-electron chi connectivity index (χ4n) is 21.9. The molecule has 3 aliphatic carbocycles. The second-order valence-electron chi connectivity index (χ2n) is 30.9. The fourth-order valence-corrected chi connectivity index (χ4v) is 21.9. The van der Waals surface area contributed by atoms with Crippen molar-refractivity contribution >= 4 is 98.8 Å². The predicted molar refractivity (Wildman–Crippen MR) is 392 cm³/mol. The van der Waals surface area contributed by atoms with E-state index in [4.69, 9.17) is 0 Å². The summed E-state index contributed by atoms with van der Waals surface area (Å²) in [6, 6.07) is 83.8. The zero-order chi connectivity index (χ0) is 62.2. The normalized spacial score (nSPS) is 28.2. The van der Waals surface area contributed by atoms with Crippen molar-refractivity contribution in [2.75, 3.05) is 14.7 Å². The first-order chi connectivity index (χ1) is 44.6. The first-order valence-electron chi connectivity index (χ1n) is 35.0. The van der Waals surface area contributed by atoms with Crippen molar-refractivity contribution in [1.82, 2.24) is 0 Å². The van der Waals surface area contributed by atoms with Crippen molar-refractivity contribution in [3.05, 3.63) is 229 Å². The quantitative estimate of drug-likeness (QED) is 0.164. The summed E-state index contributed by atoms with van der Waals surface area (Å²) < 4.78 is 0. The Kier molecular flexibility index (Phi) is 11.2. The van der Waals surface area contributed by atoms with Crippen molar-refractivity contribution in [3.8, 4) is 33.4 Å². The maximum atomic E-state index is 2.74. The summed E-state index contributed by atoms with van der Waals surface area (Å²) in [4.78, 5) is 8.20. The van der Waals surface area contributed by atoms with Crippen molar-refractivity contribution < 1.29 is 0 Å². The predicted octanol–water partition coefficient (Wildman–Crippen LogP) is 24.4. The molecule has 13 aromatic carbocycles. The summed E-state index contributed by atoms with van der Waals surface area (Å²) in [5.41, 5.74) is 20.1. The third-order valence-corrected chi connectivity index (χ3v) is 27.6. The van der Waals surface area contributed by atoms with Gasteiger partial charge in [0.15, 0.2) is 0 Å². The zero-order valence-corrected chi connectivity index (χ0v) is 55.1. The van der Waals surface area contributed by atoms with Gasteiger partial charge in [0.05, 0.1) is 16.6 Å². The van der Waals surface area contributed by atoms with Crippen molar-refractivity contribution in [3.63, 3.8) is 0 Å². The Morgan fingerprint density at radius 1 is 0.283 bits per heavy atom. The highest BCUT2D eigenvalue weighted by Crippen LogP contribution is 2.67. The van der Waals surface area contributed by atoms with Crippen LogP contribution in [-0.4, -0.2) is 16.6 Å². The molecule has 454 valence electrons. The number of anilines is 6. The molecule has 3 saturated carbocycles. The van der Waals surface area contributed by atoms with Crippen LogP contribution in [0.2, 0.25) is 0 Å². The molecule has 3 nitrogen and oxygen atoms in total. The second-order valence-corrected chi connectivity index (χ2v) is 30.9. The van der Waals surface area contributed by atoms with Gasteiger partial charge in [-0.25, -0.2) is 0 Å². The molecule has 3 aliphatic heterocycles. The second kappa shape index (κ2) is 18.8. The van der Waals surface area contributed by atoms with E-state index in [0.717, 1.165) is 0 Å². The minimum atomic E-state index is -0.0752. The smallest absolute Gasteiger partial charge is 0.0543 e. The van der Waals surface area contributed by atoms with E-state index < -0.39 is 0 Å². The number of hydrogen-bond acceptors (Lipinski definition) is 3. The molecule has 0 spiro atoms. The molecular weight excluding hydrogens is 1110 g/mol. The lowest BCUT2D eigenvalue weighted by molar-refractivity contribution is 0.130. The Morgan fingerprint density at radius 2 is 0.609 bits per heavy atom. The minimum Gasteiger partial charge on any atom is -0.334 e. The summed E-state index contributed by atoms with van der Waals surface area (Å²) in [5, 5.41) is 16.2. The number of fused-ring (bicyclic) bond motifs is 15. The van der Waals surface area contributed by atoms with E-state index in [-0.39, 0.29) is 32.9 Å². The van der Waals surface area contributed by atoms with Crippen molar-refractivity contribution in [2.24, 2.45) is 17.8 Å². The van der Waals surface area contributed by atoms with Crippen LogP contribution in [0.15, 0.2) is 212 Å². The van der Waals surface area contributed by atoms with Crippen LogP contribution in [0.4, 0.5) is 34.1 Å². The van der Waals surface area contributed by atoms with Gasteiger partial charge in [0, 0.05) is 50.4 Å². The van der Waals surface area contributed by atoms with E-state index in [1.165, 1.54) is 207 Å². The molecule has 0 N–H and O–H groups in total. The number of para-hydroxylation sites is 3. The monoisotopic (exact) mass is 1190 g/mol. The summed E-state index contributed by atoms with van der Waals surface area (Å²) in [6.45, 7) is 23.0. The van der Waals surface area contributed by atoms with E-state index in [0.29, 0.717) is 17.8 Å². The van der Waals surface area contributed by atoms with Gasteiger partial charge >= 0.3 is 0 Å². The molecular formula is C89H83N3. The Bertz CT molecular complexity index is 5000. The lowest BCUT2D eigenvalue weighted by Crippen LogP contribution is -2.59. The van der Waals surface area contributed by atoms with E-state index >= 15 is 0 Å². The third kappa shape index (κ3) is 6.63. The highest BCUT2D eigenvalue weighted by molar-refractivity contribution is 6.39. The number of rotatable bonds is 6. The third-order valence-electron chi connectivity index (χ3n) is 27.6.